The van der Waals surface area contributed by atoms with Gasteiger partial charge in [-0.25, -0.2) is 4.79 Å². The number of anilines is 1. The monoisotopic (exact) mass is 340 g/mol. The van der Waals surface area contributed by atoms with Crippen LogP contribution < -0.4 is 5.32 Å². The Balaban J connectivity index is 1.88. The number of nitrogens with one attached hydrogen (secondary N) is 1. The molecule has 1 heterocycles. The Morgan fingerprint density at radius 2 is 2.15 bits per heavy atom. The molecule has 1 aliphatic rings. The third-order valence-electron chi connectivity index (χ3n) is 3.63. The first-order valence-corrected chi connectivity index (χ1v) is 7.71. The summed E-state index contributed by atoms with van der Waals surface area (Å²) in [5.74, 6) is 0.547. The van der Waals surface area contributed by atoms with Crippen molar-refractivity contribution in [1.82, 2.24) is 4.90 Å². The lowest BCUT2D eigenvalue weighted by Gasteiger charge is -2.27. The fourth-order valence-electron chi connectivity index (χ4n) is 2.34. The molecule has 0 spiro atoms. The van der Waals surface area contributed by atoms with Crippen molar-refractivity contribution in [3.63, 3.8) is 0 Å². The Bertz CT molecular complexity index is 473. The van der Waals surface area contributed by atoms with Crippen LogP contribution in [-0.2, 0) is 4.74 Å². The first-order chi connectivity index (χ1) is 9.56. The maximum atomic E-state index is 12.2. The zero-order chi connectivity index (χ0) is 14.5. The molecule has 0 saturated carbocycles. The van der Waals surface area contributed by atoms with Gasteiger partial charge in [-0.3, -0.25) is 0 Å². The van der Waals surface area contributed by atoms with Gasteiger partial charge in [0.25, 0.3) is 0 Å². The molecule has 2 rings (SSSR count). The number of rotatable bonds is 3. The molecule has 2 amide bonds. The van der Waals surface area contributed by atoms with Crippen molar-refractivity contribution in [2.24, 2.45) is 5.92 Å². The second-order valence-electron chi connectivity index (χ2n) is 5.33. The lowest BCUT2D eigenvalue weighted by Crippen LogP contribution is -2.36. The van der Waals surface area contributed by atoms with E-state index in [4.69, 9.17) is 4.74 Å². The number of halogens is 1. The summed E-state index contributed by atoms with van der Waals surface area (Å²) in [6, 6.07) is 5.75. The minimum Gasteiger partial charge on any atom is -0.381 e. The van der Waals surface area contributed by atoms with Crippen LogP contribution in [0.2, 0.25) is 0 Å². The zero-order valence-corrected chi connectivity index (χ0v) is 13.6. The van der Waals surface area contributed by atoms with Crippen molar-refractivity contribution < 1.29 is 9.53 Å². The minimum absolute atomic E-state index is 0.0572. The highest BCUT2D eigenvalue weighted by Gasteiger charge is 2.18. The van der Waals surface area contributed by atoms with Gasteiger partial charge in [0.05, 0.1) is 0 Å². The van der Waals surface area contributed by atoms with Crippen molar-refractivity contribution in [3.05, 3.63) is 28.2 Å². The van der Waals surface area contributed by atoms with Gasteiger partial charge in [0.1, 0.15) is 0 Å². The van der Waals surface area contributed by atoms with Crippen molar-refractivity contribution in [2.75, 3.05) is 32.1 Å². The molecular weight excluding hydrogens is 320 g/mol. The molecule has 1 saturated heterocycles. The van der Waals surface area contributed by atoms with E-state index < -0.39 is 0 Å². The Kier molecular flexibility index (Phi) is 5.43. The molecule has 20 heavy (non-hydrogen) atoms. The van der Waals surface area contributed by atoms with E-state index in [0.717, 1.165) is 48.3 Å². The van der Waals surface area contributed by atoms with Gasteiger partial charge in [0.15, 0.2) is 0 Å². The molecule has 0 atom stereocenters. The van der Waals surface area contributed by atoms with E-state index in [1.807, 2.05) is 32.2 Å². The van der Waals surface area contributed by atoms with Crippen molar-refractivity contribution >= 4 is 27.6 Å². The SMILES string of the molecule is Cc1cc(NC(=O)N(C)CC2CCOCC2)ccc1Br. The molecule has 1 aromatic rings. The van der Waals surface area contributed by atoms with E-state index in [-0.39, 0.29) is 6.03 Å². The van der Waals surface area contributed by atoms with Crippen molar-refractivity contribution in [2.45, 2.75) is 19.8 Å². The normalized spacial score (nSPS) is 15.9. The van der Waals surface area contributed by atoms with Crippen LogP contribution in [0.1, 0.15) is 18.4 Å². The fourth-order valence-corrected chi connectivity index (χ4v) is 2.59. The van der Waals surface area contributed by atoms with Gasteiger partial charge in [0, 0.05) is 37.0 Å². The Hall–Kier alpha value is -1.07. The predicted octanol–water partition coefficient (Wildman–Crippen LogP) is 3.65. The van der Waals surface area contributed by atoms with Gasteiger partial charge in [-0.1, -0.05) is 15.9 Å². The summed E-state index contributed by atoms with van der Waals surface area (Å²) >= 11 is 3.46. The van der Waals surface area contributed by atoms with Gasteiger partial charge in [-0.15, -0.1) is 0 Å². The quantitative estimate of drug-likeness (QED) is 0.912. The summed E-state index contributed by atoms with van der Waals surface area (Å²) in [5, 5.41) is 2.93. The Labute approximate surface area is 128 Å². The van der Waals surface area contributed by atoms with Gasteiger partial charge in [-0.2, -0.15) is 0 Å². The van der Waals surface area contributed by atoms with Gasteiger partial charge in [0.2, 0.25) is 0 Å². The number of carbonyl (C=O) groups excluding carboxylic acids is 1. The van der Waals surface area contributed by atoms with Crippen LogP contribution in [0.5, 0.6) is 0 Å². The molecular formula is C15H21BrN2O2. The first kappa shape index (κ1) is 15.3. The van der Waals surface area contributed by atoms with E-state index in [1.165, 1.54) is 0 Å². The maximum Gasteiger partial charge on any atom is 0.321 e. The number of hydrogen-bond acceptors (Lipinski definition) is 2. The molecule has 4 nitrogen and oxygen atoms in total. The van der Waals surface area contributed by atoms with Crippen LogP contribution in [0.15, 0.2) is 22.7 Å². The molecule has 0 bridgehead atoms. The molecule has 1 fully saturated rings. The molecule has 0 aromatic heterocycles. The number of nitrogens with zero attached hydrogens (tertiary/aromatic N) is 1. The van der Waals surface area contributed by atoms with Gasteiger partial charge in [-0.05, 0) is 49.4 Å². The topological polar surface area (TPSA) is 41.6 Å². The number of amides is 2. The number of carbonyl (C=O) groups is 1. The van der Waals surface area contributed by atoms with Crippen LogP contribution in [0.25, 0.3) is 0 Å². The number of aryl methyl sites for hydroxylation is 1. The van der Waals surface area contributed by atoms with Gasteiger partial charge >= 0.3 is 6.03 Å². The largest absolute Gasteiger partial charge is 0.381 e. The average Bonchev–Trinajstić information content (AvgIpc) is 2.44. The molecule has 0 radical (unpaired) electrons. The first-order valence-electron chi connectivity index (χ1n) is 6.92. The molecule has 1 aliphatic heterocycles. The van der Waals surface area contributed by atoms with Crippen molar-refractivity contribution in [3.8, 4) is 0 Å². The molecule has 1 aromatic carbocycles. The summed E-state index contributed by atoms with van der Waals surface area (Å²) in [6.45, 7) is 4.41. The van der Waals surface area contributed by atoms with Crippen LogP contribution in [-0.4, -0.2) is 37.7 Å². The number of urea groups is 1. The minimum atomic E-state index is -0.0572. The number of benzene rings is 1. The Morgan fingerprint density at radius 1 is 1.45 bits per heavy atom. The smallest absolute Gasteiger partial charge is 0.321 e. The third-order valence-corrected chi connectivity index (χ3v) is 4.52. The standard InChI is InChI=1S/C15H21BrN2O2/c1-11-9-13(3-4-14(11)16)17-15(19)18(2)10-12-5-7-20-8-6-12/h3-4,9,12H,5-8,10H2,1-2H3,(H,17,19). The lowest BCUT2D eigenvalue weighted by atomic mass is 10.00. The summed E-state index contributed by atoms with van der Waals surface area (Å²) in [6.07, 6.45) is 2.07. The third kappa shape index (κ3) is 4.21. The van der Waals surface area contributed by atoms with Crippen LogP contribution in [0, 0.1) is 12.8 Å². The highest BCUT2D eigenvalue weighted by atomic mass is 79.9. The summed E-state index contributed by atoms with van der Waals surface area (Å²) in [7, 11) is 1.84. The number of ether oxygens (including phenoxy) is 1. The zero-order valence-electron chi connectivity index (χ0n) is 12.0. The van der Waals surface area contributed by atoms with E-state index in [0.29, 0.717) is 5.92 Å². The molecule has 5 heteroatoms. The summed E-state index contributed by atoms with van der Waals surface area (Å²) in [4.78, 5) is 13.9. The molecule has 0 aliphatic carbocycles. The molecule has 110 valence electrons. The second kappa shape index (κ2) is 7.09. The predicted molar refractivity (Wildman–Crippen MR) is 84.1 cm³/mol. The van der Waals surface area contributed by atoms with Gasteiger partial charge < -0.3 is 15.0 Å². The lowest BCUT2D eigenvalue weighted by molar-refractivity contribution is 0.0592. The molecule has 1 N–H and O–H groups in total. The summed E-state index contributed by atoms with van der Waals surface area (Å²) in [5.41, 5.74) is 1.93. The highest BCUT2D eigenvalue weighted by molar-refractivity contribution is 9.10. The second-order valence-corrected chi connectivity index (χ2v) is 6.18. The number of hydrogen-bond donors (Lipinski definition) is 1. The van der Waals surface area contributed by atoms with E-state index in [9.17, 15) is 4.79 Å². The fraction of sp³-hybridized carbons (Fsp3) is 0.533. The van der Waals surface area contributed by atoms with E-state index in [1.54, 1.807) is 4.90 Å². The molecule has 0 unspecified atom stereocenters. The summed E-state index contributed by atoms with van der Waals surface area (Å²) < 4.78 is 6.39. The van der Waals surface area contributed by atoms with E-state index >= 15 is 0 Å². The van der Waals surface area contributed by atoms with Crippen LogP contribution >= 0.6 is 15.9 Å². The van der Waals surface area contributed by atoms with Crippen molar-refractivity contribution in [1.29, 1.82) is 0 Å². The average molecular weight is 341 g/mol. The highest BCUT2D eigenvalue weighted by Crippen LogP contribution is 2.20. The van der Waals surface area contributed by atoms with Crippen LogP contribution in [0.4, 0.5) is 10.5 Å². The van der Waals surface area contributed by atoms with E-state index in [2.05, 4.69) is 21.2 Å². The van der Waals surface area contributed by atoms with Crippen LogP contribution in [0.3, 0.4) is 0 Å². The Morgan fingerprint density at radius 3 is 2.80 bits per heavy atom. The maximum absolute atomic E-state index is 12.2.